The zero-order valence-electron chi connectivity index (χ0n) is 18.2. The number of esters is 1. The molecule has 3 aromatic rings. The summed E-state index contributed by atoms with van der Waals surface area (Å²) >= 11 is 0. The van der Waals surface area contributed by atoms with Gasteiger partial charge >= 0.3 is 5.97 Å². The average molecular weight is 478 g/mol. The SMILES string of the molecule is CCOC(=O)c1cc(NC(=O)c2ccc([N+](=O)[O-])cc2)cc(NC(=O)c2ccc([N+](=O)[O-])cc2)c1. The Morgan fingerprint density at radius 2 is 1.11 bits per heavy atom. The van der Waals surface area contributed by atoms with Crippen molar-refractivity contribution in [1.82, 2.24) is 0 Å². The number of carbonyl (C=O) groups is 3. The molecule has 0 saturated carbocycles. The average Bonchev–Trinajstić information content (AvgIpc) is 2.84. The highest BCUT2D eigenvalue weighted by Gasteiger charge is 2.16. The number of rotatable bonds is 8. The summed E-state index contributed by atoms with van der Waals surface area (Å²) in [6, 6.07) is 13.9. The molecule has 0 spiro atoms. The Bertz CT molecular complexity index is 1210. The molecular formula is C23H18N4O8. The number of non-ortho nitro benzene ring substituents is 2. The Morgan fingerprint density at radius 3 is 1.46 bits per heavy atom. The van der Waals surface area contributed by atoms with Gasteiger partial charge in [0.05, 0.1) is 22.0 Å². The van der Waals surface area contributed by atoms with E-state index in [-0.39, 0.29) is 46.0 Å². The molecule has 0 aliphatic carbocycles. The van der Waals surface area contributed by atoms with Crippen LogP contribution in [0.4, 0.5) is 22.7 Å². The molecule has 12 nitrogen and oxygen atoms in total. The highest BCUT2D eigenvalue weighted by molar-refractivity contribution is 6.07. The third-order valence-electron chi connectivity index (χ3n) is 4.64. The van der Waals surface area contributed by atoms with Gasteiger partial charge in [0.15, 0.2) is 0 Å². The van der Waals surface area contributed by atoms with Crippen LogP contribution in [0.5, 0.6) is 0 Å². The van der Waals surface area contributed by atoms with E-state index in [1.54, 1.807) is 6.92 Å². The molecule has 35 heavy (non-hydrogen) atoms. The topological polar surface area (TPSA) is 171 Å². The highest BCUT2D eigenvalue weighted by Crippen LogP contribution is 2.23. The number of nitrogens with zero attached hydrogens (tertiary/aromatic N) is 2. The quantitative estimate of drug-likeness (QED) is 0.276. The van der Waals surface area contributed by atoms with Gasteiger partial charge in [0, 0.05) is 46.8 Å². The third-order valence-corrected chi connectivity index (χ3v) is 4.64. The number of anilines is 2. The fourth-order valence-corrected chi connectivity index (χ4v) is 2.98. The fraction of sp³-hybridized carbons (Fsp3) is 0.0870. The maximum atomic E-state index is 12.6. The lowest BCUT2D eigenvalue weighted by Gasteiger charge is -2.12. The van der Waals surface area contributed by atoms with E-state index in [1.165, 1.54) is 66.7 Å². The van der Waals surface area contributed by atoms with Crippen molar-refractivity contribution in [2.24, 2.45) is 0 Å². The minimum Gasteiger partial charge on any atom is -0.462 e. The van der Waals surface area contributed by atoms with Crippen LogP contribution < -0.4 is 10.6 Å². The van der Waals surface area contributed by atoms with Crippen molar-refractivity contribution in [2.75, 3.05) is 17.2 Å². The van der Waals surface area contributed by atoms with Gasteiger partial charge in [-0.05, 0) is 49.4 Å². The molecule has 0 bridgehead atoms. The number of nitro benzene ring substituents is 2. The van der Waals surface area contributed by atoms with Gasteiger partial charge in [-0.15, -0.1) is 0 Å². The van der Waals surface area contributed by atoms with Crippen LogP contribution in [-0.4, -0.2) is 34.2 Å². The van der Waals surface area contributed by atoms with Crippen LogP contribution in [0.1, 0.15) is 38.0 Å². The Labute approximate surface area is 197 Å². The molecule has 2 amide bonds. The van der Waals surface area contributed by atoms with Gasteiger partial charge in [0.2, 0.25) is 0 Å². The smallest absolute Gasteiger partial charge is 0.338 e. The fourth-order valence-electron chi connectivity index (χ4n) is 2.98. The molecule has 0 saturated heterocycles. The lowest BCUT2D eigenvalue weighted by Crippen LogP contribution is -2.16. The molecule has 178 valence electrons. The second-order valence-electron chi connectivity index (χ2n) is 7.04. The number of benzene rings is 3. The number of nitrogens with one attached hydrogen (secondary N) is 2. The molecule has 0 aromatic heterocycles. The minimum atomic E-state index is -0.690. The van der Waals surface area contributed by atoms with E-state index in [4.69, 9.17) is 4.74 Å². The van der Waals surface area contributed by atoms with Crippen molar-refractivity contribution < 1.29 is 29.0 Å². The van der Waals surface area contributed by atoms with Crippen molar-refractivity contribution in [3.05, 3.63) is 104 Å². The highest BCUT2D eigenvalue weighted by atomic mass is 16.6. The summed E-state index contributed by atoms with van der Waals surface area (Å²) in [5, 5.41) is 26.7. The number of ether oxygens (including phenoxy) is 1. The molecule has 0 fully saturated rings. The van der Waals surface area contributed by atoms with E-state index in [0.717, 1.165) is 0 Å². The summed E-state index contributed by atoms with van der Waals surface area (Å²) in [5.41, 5.74) is 0.259. The van der Waals surface area contributed by atoms with Crippen LogP contribution in [0, 0.1) is 20.2 Å². The van der Waals surface area contributed by atoms with Crippen LogP contribution in [0.3, 0.4) is 0 Å². The van der Waals surface area contributed by atoms with Gasteiger partial charge < -0.3 is 15.4 Å². The minimum absolute atomic E-state index is 0.0485. The van der Waals surface area contributed by atoms with Crippen molar-refractivity contribution in [1.29, 1.82) is 0 Å². The monoisotopic (exact) mass is 478 g/mol. The largest absolute Gasteiger partial charge is 0.462 e. The molecule has 0 atom stereocenters. The molecule has 0 aliphatic heterocycles. The molecule has 2 N–H and O–H groups in total. The molecule has 0 aliphatic rings. The van der Waals surface area contributed by atoms with Crippen LogP contribution in [0.15, 0.2) is 66.7 Å². The number of hydrogen-bond donors (Lipinski definition) is 2. The van der Waals surface area contributed by atoms with Crippen LogP contribution in [-0.2, 0) is 4.74 Å². The second-order valence-corrected chi connectivity index (χ2v) is 7.04. The predicted molar refractivity (Wildman–Crippen MR) is 124 cm³/mol. The summed E-state index contributed by atoms with van der Waals surface area (Å²) in [6.45, 7) is 1.72. The normalized spacial score (nSPS) is 10.2. The van der Waals surface area contributed by atoms with Gasteiger partial charge in [0.1, 0.15) is 0 Å². The molecule has 12 heteroatoms. The lowest BCUT2D eigenvalue weighted by atomic mass is 10.1. The number of amides is 2. The first-order valence-electron chi connectivity index (χ1n) is 10.1. The van der Waals surface area contributed by atoms with Crippen LogP contribution >= 0.6 is 0 Å². The zero-order valence-corrected chi connectivity index (χ0v) is 18.2. The van der Waals surface area contributed by atoms with Gasteiger partial charge in [0.25, 0.3) is 23.2 Å². The third kappa shape index (κ3) is 6.22. The van der Waals surface area contributed by atoms with E-state index in [9.17, 15) is 34.6 Å². The first-order chi connectivity index (χ1) is 16.7. The number of carbonyl (C=O) groups excluding carboxylic acids is 3. The number of nitro groups is 2. The van der Waals surface area contributed by atoms with Crippen LogP contribution in [0.2, 0.25) is 0 Å². The standard InChI is InChI=1S/C23H18N4O8/c1-2-35-23(30)16-11-17(24-21(28)14-3-7-19(8-4-14)26(31)32)13-18(12-16)25-22(29)15-5-9-20(10-6-15)27(33)34/h3-13H,2H2,1H3,(H,24,28)(H,25,29). The summed E-state index contributed by atoms with van der Waals surface area (Å²) in [7, 11) is 0. The molecule has 0 heterocycles. The molecular weight excluding hydrogens is 460 g/mol. The maximum Gasteiger partial charge on any atom is 0.338 e. The maximum absolute atomic E-state index is 12.6. The van der Waals surface area contributed by atoms with Gasteiger partial charge in [-0.3, -0.25) is 29.8 Å². The summed E-state index contributed by atoms with van der Waals surface area (Å²) in [4.78, 5) is 57.9. The molecule has 3 aromatic carbocycles. The van der Waals surface area contributed by atoms with Gasteiger partial charge in [-0.1, -0.05) is 0 Å². The van der Waals surface area contributed by atoms with Crippen molar-refractivity contribution in [2.45, 2.75) is 6.92 Å². The summed E-state index contributed by atoms with van der Waals surface area (Å²) in [6.07, 6.45) is 0. The first kappa shape index (κ1) is 24.5. The molecule has 0 unspecified atom stereocenters. The zero-order chi connectivity index (χ0) is 25.5. The van der Waals surface area contributed by atoms with Crippen molar-refractivity contribution in [3.8, 4) is 0 Å². The van der Waals surface area contributed by atoms with E-state index < -0.39 is 27.6 Å². The summed E-state index contributed by atoms with van der Waals surface area (Å²) in [5.74, 6) is -1.90. The lowest BCUT2D eigenvalue weighted by molar-refractivity contribution is -0.385. The van der Waals surface area contributed by atoms with Crippen molar-refractivity contribution >= 4 is 40.5 Å². The number of hydrogen-bond acceptors (Lipinski definition) is 8. The van der Waals surface area contributed by atoms with E-state index in [1.807, 2.05) is 0 Å². The first-order valence-corrected chi connectivity index (χ1v) is 10.1. The van der Waals surface area contributed by atoms with Crippen LogP contribution in [0.25, 0.3) is 0 Å². The van der Waals surface area contributed by atoms with Crippen molar-refractivity contribution in [3.63, 3.8) is 0 Å². The Balaban J connectivity index is 1.86. The van der Waals surface area contributed by atoms with E-state index in [2.05, 4.69) is 10.6 Å². The Morgan fingerprint density at radius 1 is 0.714 bits per heavy atom. The predicted octanol–water partition coefficient (Wildman–Crippen LogP) is 4.18. The van der Waals surface area contributed by atoms with E-state index >= 15 is 0 Å². The van der Waals surface area contributed by atoms with Gasteiger partial charge in [-0.2, -0.15) is 0 Å². The van der Waals surface area contributed by atoms with E-state index in [0.29, 0.717) is 0 Å². The second kappa shape index (κ2) is 10.7. The molecule has 3 rings (SSSR count). The molecule has 0 radical (unpaired) electrons. The van der Waals surface area contributed by atoms with Gasteiger partial charge in [-0.25, -0.2) is 4.79 Å². The Kier molecular flexibility index (Phi) is 7.46. The Hall–Kier alpha value is -5.13. The summed E-state index contributed by atoms with van der Waals surface area (Å²) < 4.78 is 5.00.